The van der Waals surface area contributed by atoms with Gasteiger partial charge in [-0.15, -0.1) is 0 Å². The number of nitrogens with zero attached hydrogens (tertiary/aromatic N) is 2. The summed E-state index contributed by atoms with van der Waals surface area (Å²) >= 11 is 2.22. The van der Waals surface area contributed by atoms with Crippen LogP contribution in [0.5, 0.6) is 11.5 Å². The second kappa shape index (κ2) is 11.0. The lowest BCUT2D eigenvalue weighted by Gasteiger charge is -2.25. The van der Waals surface area contributed by atoms with E-state index >= 15 is 0 Å². The van der Waals surface area contributed by atoms with Gasteiger partial charge >= 0.3 is 0 Å². The lowest BCUT2D eigenvalue weighted by Crippen LogP contribution is -2.11. The van der Waals surface area contributed by atoms with Gasteiger partial charge in [0.2, 0.25) is 10.2 Å². The van der Waals surface area contributed by atoms with Gasteiger partial charge in [-0.1, -0.05) is 0 Å². The van der Waals surface area contributed by atoms with Gasteiger partial charge in [-0.2, -0.15) is 0 Å². The lowest BCUT2D eigenvalue weighted by atomic mass is 10.2. The molecule has 166 valence electrons. The van der Waals surface area contributed by atoms with Crippen molar-refractivity contribution in [2.24, 2.45) is 0 Å². The maximum Gasteiger partial charge on any atom is 0.206 e. The van der Waals surface area contributed by atoms with Crippen LogP contribution in [0.1, 0.15) is 13.8 Å². The Kier molecular flexibility index (Phi) is 8.08. The van der Waals surface area contributed by atoms with Crippen molar-refractivity contribution in [3.63, 3.8) is 0 Å². The Labute approximate surface area is 196 Å². The molecule has 0 heterocycles. The number of ether oxygens (including phenoxy) is 2. The molecule has 0 aliphatic rings. The molecular weight excluding hydrogens is 444 g/mol. The molecule has 0 spiro atoms. The van der Waals surface area contributed by atoms with E-state index in [1.54, 1.807) is 14.2 Å². The van der Waals surface area contributed by atoms with Crippen molar-refractivity contribution in [1.82, 2.24) is 0 Å². The Bertz CT molecular complexity index is 968. The molecule has 0 aliphatic heterocycles. The van der Waals surface area contributed by atoms with Crippen molar-refractivity contribution < 1.29 is 19.1 Å². The number of carbonyl (C=O) groups excluding carboxylic acids is 2. The van der Waals surface area contributed by atoms with Crippen molar-refractivity contribution in [2.45, 2.75) is 13.8 Å². The molecule has 0 fully saturated rings. The fraction of sp³-hybridized carbons (Fsp3) is 0.167. The van der Waals surface area contributed by atoms with Crippen LogP contribution < -0.4 is 18.1 Å². The molecule has 0 saturated carbocycles. The SMILES string of the molecule is COc1ccc(N(SC(C)=O)c2ccc(N(SC(C)=O)c3ccc(OC)cc3)cc2)cc1. The van der Waals surface area contributed by atoms with Gasteiger partial charge in [0.25, 0.3) is 0 Å². The summed E-state index contributed by atoms with van der Waals surface area (Å²) in [4.78, 5) is 23.8. The molecule has 3 aromatic carbocycles. The molecule has 6 nitrogen and oxygen atoms in total. The van der Waals surface area contributed by atoms with Gasteiger partial charge in [-0.25, -0.2) is 0 Å². The number of benzene rings is 3. The van der Waals surface area contributed by atoms with Gasteiger partial charge in [-0.3, -0.25) is 18.2 Å². The van der Waals surface area contributed by atoms with Crippen LogP contribution in [0, 0.1) is 0 Å². The van der Waals surface area contributed by atoms with E-state index in [9.17, 15) is 9.59 Å². The summed E-state index contributed by atoms with van der Waals surface area (Å²) in [5.74, 6) is 1.49. The van der Waals surface area contributed by atoms with Gasteiger partial charge in [0, 0.05) is 37.7 Å². The second-order valence-electron chi connectivity index (χ2n) is 6.67. The Morgan fingerprint density at radius 1 is 0.562 bits per heavy atom. The molecule has 0 N–H and O–H groups in total. The average molecular weight is 469 g/mol. The van der Waals surface area contributed by atoms with Crippen LogP contribution in [0.4, 0.5) is 22.7 Å². The third-order valence-electron chi connectivity index (χ3n) is 4.37. The second-order valence-corrected chi connectivity index (χ2v) is 8.91. The van der Waals surface area contributed by atoms with Crippen LogP contribution in [0.2, 0.25) is 0 Å². The van der Waals surface area contributed by atoms with Gasteiger partial charge in [-0.05, 0) is 72.8 Å². The van der Waals surface area contributed by atoms with Crippen LogP contribution in [0.25, 0.3) is 0 Å². The highest BCUT2D eigenvalue weighted by atomic mass is 32.2. The molecule has 8 heteroatoms. The topological polar surface area (TPSA) is 59.1 Å². The first-order valence-corrected chi connectivity index (χ1v) is 11.3. The normalized spacial score (nSPS) is 10.4. The van der Waals surface area contributed by atoms with Crippen molar-refractivity contribution in [3.8, 4) is 11.5 Å². The van der Waals surface area contributed by atoms with Crippen LogP contribution >= 0.6 is 23.9 Å². The van der Waals surface area contributed by atoms with E-state index in [2.05, 4.69) is 0 Å². The molecule has 32 heavy (non-hydrogen) atoms. The van der Waals surface area contributed by atoms with E-state index in [1.165, 1.54) is 13.8 Å². The smallest absolute Gasteiger partial charge is 0.206 e. The number of hydrogen-bond donors (Lipinski definition) is 0. The highest BCUT2D eigenvalue weighted by Crippen LogP contribution is 2.38. The predicted octanol–water partition coefficient (Wildman–Crippen LogP) is 6.37. The zero-order valence-corrected chi connectivity index (χ0v) is 19.9. The summed E-state index contributed by atoms with van der Waals surface area (Å²) in [6.07, 6.45) is 0. The first-order chi connectivity index (χ1) is 15.4. The molecule has 0 aliphatic carbocycles. The van der Waals surface area contributed by atoms with Crippen LogP contribution in [0.15, 0.2) is 72.8 Å². The van der Waals surface area contributed by atoms with Crippen LogP contribution in [-0.4, -0.2) is 24.5 Å². The number of anilines is 4. The molecule has 0 radical (unpaired) electrons. The summed E-state index contributed by atoms with van der Waals surface area (Å²) in [7, 11) is 3.23. The quantitative estimate of drug-likeness (QED) is 0.354. The first kappa shape index (κ1) is 23.6. The van der Waals surface area contributed by atoms with Crippen molar-refractivity contribution >= 4 is 56.9 Å². The number of carbonyl (C=O) groups is 2. The summed E-state index contributed by atoms with van der Waals surface area (Å²) in [6.45, 7) is 3.06. The summed E-state index contributed by atoms with van der Waals surface area (Å²) < 4.78 is 14.2. The van der Waals surface area contributed by atoms with Crippen molar-refractivity contribution in [3.05, 3.63) is 72.8 Å². The maximum absolute atomic E-state index is 11.9. The molecule has 0 bridgehead atoms. The van der Waals surface area contributed by atoms with E-state index in [4.69, 9.17) is 9.47 Å². The van der Waals surface area contributed by atoms with E-state index in [0.717, 1.165) is 58.1 Å². The van der Waals surface area contributed by atoms with Gasteiger partial charge in [0.15, 0.2) is 0 Å². The number of methoxy groups -OCH3 is 2. The molecule has 3 aromatic rings. The predicted molar refractivity (Wildman–Crippen MR) is 133 cm³/mol. The van der Waals surface area contributed by atoms with Crippen LogP contribution in [0.3, 0.4) is 0 Å². The van der Waals surface area contributed by atoms with Gasteiger partial charge < -0.3 is 9.47 Å². The molecule has 0 unspecified atom stereocenters. The fourth-order valence-corrected chi connectivity index (χ4v) is 4.35. The standard InChI is InChI=1S/C24H24N2O4S2/c1-17(27)31-25(21-9-13-23(29-3)14-10-21)19-5-7-20(8-6-19)26(32-18(2)28)22-11-15-24(30-4)16-12-22/h5-16H,1-4H3. The monoisotopic (exact) mass is 468 g/mol. The van der Waals surface area contributed by atoms with Crippen molar-refractivity contribution in [1.29, 1.82) is 0 Å². The molecule has 0 aromatic heterocycles. The maximum atomic E-state index is 11.9. The number of hydrogen-bond acceptors (Lipinski definition) is 8. The largest absolute Gasteiger partial charge is 0.497 e. The van der Waals surface area contributed by atoms with E-state index in [1.807, 2.05) is 81.4 Å². The Balaban J connectivity index is 1.93. The zero-order chi connectivity index (χ0) is 23.1. The summed E-state index contributed by atoms with van der Waals surface area (Å²) in [5.41, 5.74) is 3.37. The third kappa shape index (κ3) is 5.99. The summed E-state index contributed by atoms with van der Waals surface area (Å²) in [5, 5.41) is -0.0613. The molecule has 0 amide bonds. The molecule has 0 saturated heterocycles. The highest BCUT2D eigenvalue weighted by Gasteiger charge is 2.17. The molecule has 0 atom stereocenters. The average Bonchev–Trinajstić information content (AvgIpc) is 2.81. The van der Waals surface area contributed by atoms with Crippen molar-refractivity contribution in [2.75, 3.05) is 22.8 Å². The number of rotatable bonds is 8. The van der Waals surface area contributed by atoms with Gasteiger partial charge in [0.05, 0.1) is 37.0 Å². The van der Waals surface area contributed by atoms with Crippen LogP contribution in [-0.2, 0) is 9.59 Å². The zero-order valence-electron chi connectivity index (χ0n) is 18.3. The van der Waals surface area contributed by atoms with Gasteiger partial charge in [0.1, 0.15) is 11.5 Å². The van der Waals surface area contributed by atoms with E-state index in [-0.39, 0.29) is 10.2 Å². The fourth-order valence-electron chi connectivity index (χ4n) is 2.92. The minimum atomic E-state index is -0.0307. The Morgan fingerprint density at radius 2 is 0.812 bits per heavy atom. The minimum Gasteiger partial charge on any atom is -0.497 e. The van der Waals surface area contributed by atoms with E-state index in [0.29, 0.717) is 0 Å². The Hall–Kier alpha value is -3.10. The minimum absolute atomic E-state index is 0.0307. The summed E-state index contributed by atoms with van der Waals surface area (Å²) in [6, 6.07) is 22.7. The highest BCUT2D eigenvalue weighted by molar-refractivity contribution is 8.15. The third-order valence-corrected chi connectivity index (χ3v) is 6.09. The Morgan fingerprint density at radius 3 is 1.03 bits per heavy atom. The molecular formula is C24H24N2O4S2. The molecule has 3 rings (SSSR count). The first-order valence-electron chi connectivity index (χ1n) is 9.76. The van der Waals surface area contributed by atoms with E-state index < -0.39 is 0 Å². The lowest BCUT2D eigenvalue weighted by molar-refractivity contribution is -0.109.